The number of aliphatic hydroxyl groups is 1. The lowest BCUT2D eigenvalue weighted by atomic mass is 10.0. The van der Waals surface area contributed by atoms with Gasteiger partial charge in [-0.3, -0.25) is 9.71 Å². The molecule has 3 N–H and O–H groups in total. The second-order valence-corrected chi connectivity index (χ2v) is 8.33. The van der Waals surface area contributed by atoms with Gasteiger partial charge in [0.1, 0.15) is 0 Å². The van der Waals surface area contributed by atoms with Gasteiger partial charge in [0.2, 0.25) is 0 Å². The van der Waals surface area contributed by atoms with Gasteiger partial charge in [-0.05, 0) is 65.2 Å². The summed E-state index contributed by atoms with van der Waals surface area (Å²) in [6.45, 7) is 2.45. The second kappa shape index (κ2) is 11.1. The lowest BCUT2D eigenvalue weighted by Crippen LogP contribution is -2.25. The first kappa shape index (κ1) is 21.5. The lowest BCUT2D eigenvalue weighted by Gasteiger charge is -2.12. The first-order valence-electron chi connectivity index (χ1n) is 10.6. The van der Waals surface area contributed by atoms with Crippen LogP contribution in [0, 0.1) is 0 Å². The van der Waals surface area contributed by atoms with E-state index in [9.17, 15) is 5.11 Å². The monoisotopic (exact) mass is 429 g/mol. The summed E-state index contributed by atoms with van der Waals surface area (Å²) < 4.78 is 3.46. The molecule has 4 aromatic rings. The Hall–Kier alpha value is -2.70. The summed E-state index contributed by atoms with van der Waals surface area (Å²) in [5.74, 6) is 0. The molecule has 1 heterocycles. The van der Waals surface area contributed by atoms with E-state index in [1.54, 1.807) is 11.9 Å². The molecule has 0 aliphatic heterocycles. The van der Waals surface area contributed by atoms with Gasteiger partial charge in [0.25, 0.3) is 0 Å². The van der Waals surface area contributed by atoms with Crippen molar-refractivity contribution >= 4 is 22.7 Å². The van der Waals surface area contributed by atoms with Crippen LogP contribution in [-0.4, -0.2) is 29.7 Å². The van der Waals surface area contributed by atoms with Gasteiger partial charge in [0, 0.05) is 35.8 Å². The number of aromatic nitrogens is 1. The minimum atomic E-state index is -0.420. The summed E-state index contributed by atoms with van der Waals surface area (Å²) in [4.78, 5) is 5.49. The van der Waals surface area contributed by atoms with Crippen molar-refractivity contribution in [1.29, 1.82) is 0 Å². The average Bonchev–Trinajstić information content (AvgIpc) is 2.84. The maximum Gasteiger partial charge on any atom is 0.0802 e. The number of fused-ring (bicyclic) bond motifs is 1. The molecule has 0 saturated heterocycles. The molecule has 5 heteroatoms. The van der Waals surface area contributed by atoms with Crippen LogP contribution < -0.4 is 10.0 Å². The summed E-state index contributed by atoms with van der Waals surface area (Å²) in [6.07, 6.45) is 4.05. The minimum absolute atomic E-state index is 0.420. The molecular weight excluding hydrogens is 402 g/mol. The molecule has 1 atom stereocenters. The topological polar surface area (TPSA) is 57.2 Å². The van der Waals surface area contributed by atoms with Crippen molar-refractivity contribution in [3.05, 3.63) is 96.8 Å². The summed E-state index contributed by atoms with van der Waals surface area (Å²) in [6, 6.07) is 26.7. The van der Waals surface area contributed by atoms with E-state index >= 15 is 0 Å². The van der Waals surface area contributed by atoms with Gasteiger partial charge >= 0.3 is 0 Å². The highest BCUT2D eigenvalue weighted by atomic mass is 32.2. The quantitative estimate of drug-likeness (QED) is 0.239. The van der Waals surface area contributed by atoms with Crippen molar-refractivity contribution in [2.45, 2.75) is 17.4 Å². The summed E-state index contributed by atoms with van der Waals surface area (Å²) in [5, 5.41) is 16.0. The van der Waals surface area contributed by atoms with E-state index in [-0.39, 0.29) is 0 Å². The molecule has 0 spiro atoms. The van der Waals surface area contributed by atoms with E-state index in [0.717, 1.165) is 30.6 Å². The number of hydrogen-bond donors (Lipinski definition) is 3. The zero-order valence-corrected chi connectivity index (χ0v) is 18.2. The van der Waals surface area contributed by atoms with Crippen molar-refractivity contribution in [3.8, 4) is 11.1 Å². The Morgan fingerprint density at radius 3 is 2.42 bits per heavy atom. The van der Waals surface area contributed by atoms with Gasteiger partial charge in [-0.2, -0.15) is 0 Å². The Bertz CT molecular complexity index is 1090. The second-order valence-electron chi connectivity index (χ2n) is 7.40. The molecule has 4 rings (SSSR count). The van der Waals surface area contributed by atoms with Gasteiger partial charge in [-0.25, -0.2) is 0 Å². The van der Waals surface area contributed by atoms with Crippen molar-refractivity contribution in [1.82, 2.24) is 15.0 Å². The Balaban J connectivity index is 1.29. The van der Waals surface area contributed by atoms with Crippen LogP contribution in [0.5, 0.6) is 0 Å². The van der Waals surface area contributed by atoms with E-state index in [4.69, 9.17) is 0 Å². The number of nitrogens with one attached hydrogen (secondary N) is 2. The Morgan fingerprint density at radius 1 is 0.839 bits per heavy atom. The predicted octanol–water partition coefficient (Wildman–Crippen LogP) is 5.21. The zero-order valence-electron chi connectivity index (χ0n) is 17.4. The van der Waals surface area contributed by atoms with E-state index in [2.05, 4.69) is 57.5 Å². The maximum absolute atomic E-state index is 10.2. The van der Waals surface area contributed by atoms with Crippen LogP contribution in [-0.2, 0) is 0 Å². The number of rotatable bonds is 10. The third-order valence-corrected chi connectivity index (χ3v) is 6.09. The maximum atomic E-state index is 10.2. The normalized spacial score (nSPS) is 12.2. The molecule has 158 valence electrons. The summed E-state index contributed by atoms with van der Waals surface area (Å²) in [7, 11) is 0. The predicted molar refractivity (Wildman–Crippen MR) is 130 cm³/mol. The van der Waals surface area contributed by atoms with Crippen LogP contribution in [0.4, 0.5) is 0 Å². The number of benzene rings is 3. The van der Waals surface area contributed by atoms with Crippen LogP contribution in [0.1, 0.15) is 18.1 Å². The van der Waals surface area contributed by atoms with E-state index < -0.39 is 6.10 Å². The minimum Gasteiger partial charge on any atom is -0.388 e. The molecule has 0 saturated carbocycles. The molecule has 0 fully saturated rings. The van der Waals surface area contributed by atoms with E-state index in [1.807, 2.05) is 48.8 Å². The molecule has 0 amide bonds. The Morgan fingerprint density at radius 2 is 1.61 bits per heavy atom. The molecule has 3 aromatic carbocycles. The van der Waals surface area contributed by atoms with E-state index in [0.29, 0.717) is 6.42 Å². The van der Waals surface area contributed by atoms with Crippen LogP contribution in [0.3, 0.4) is 0 Å². The van der Waals surface area contributed by atoms with Gasteiger partial charge in [0.15, 0.2) is 0 Å². The van der Waals surface area contributed by atoms with Gasteiger partial charge in [0.05, 0.1) is 6.10 Å². The standard InChI is InChI=1S/C26H27N3OS/c30-25(21-9-5-2-6-10-21)12-14-27-15-16-29-31-26-18-22(20-7-3-1-4-8-20)17-23-19-28-13-11-24(23)26/h1-11,13,17-19,25,27,29-30H,12,14-16H2. The number of nitrogens with zero attached hydrogens (tertiary/aromatic N) is 1. The Kier molecular flexibility index (Phi) is 7.69. The fourth-order valence-electron chi connectivity index (χ4n) is 3.53. The molecule has 0 aliphatic rings. The first-order valence-corrected chi connectivity index (χ1v) is 11.4. The Labute approximate surface area is 187 Å². The zero-order chi connectivity index (χ0) is 21.3. The number of aliphatic hydroxyl groups excluding tert-OH is 1. The SMILES string of the molecule is OC(CCNCCNSc1cc(-c2ccccc2)cc2cnccc12)c1ccccc1. The average molecular weight is 430 g/mol. The number of hydrogen-bond acceptors (Lipinski definition) is 5. The summed E-state index contributed by atoms with van der Waals surface area (Å²) >= 11 is 1.65. The molecule has 0 bridgehead atoms. The van der Waals surface area contributed by atoms with Crippen molar-refractivity contribution in [3.63, 3.8) is 0 Å². The van der Waals surface area contributed by atoms with Gasteiger partial charge in [-0.15, -0.1) is 0 Å². The molecule has 1 unspecified atom stereocenters. The molecule has 0 aliphatic carbocycles. The largest absolute Gasteiger partial charge is 0.388 e. The van der Waals surface area contributed by atoms with E-state index in [1.165, 1.54) is 21.4 Å². The fraction of sp³-hybridized carbons (Fsp3) is 0.192. The first-order chi connectivity index (χ1) is 15.3. The van der Waals surface area contributed by atoms with Crippen molar-refractivity contribution in [2.24, 2.45) is 0 Å². The number of pyridine rings is 1. The third kappa shape index (κ3) is 5.93. The molecular formula is C26H27N3OS. The van der Waals surface area contributed by atoms with Crippen LogP contribution >= 0.6 is 11.9 Å². The highest BCUT2D eigenvalue weighted by Crippen LogP contribution is 2.32. The van der Waals surface area contributed by atoms with Gasteiger partial charge < -0.3 is 10.4 Å². The third-order valence-electron chi connectivity index (χ3n) is 5.19. The highest BCUT2D eigenvalue weighted by Gasteiger charge is 2.08. The van der Waals surface area contributed by atoms with Crippen LogP contribution in [0.2, 0.25) is 0 Å². The van der Waals surface area contributed by atoms with Crippen LogP contribution in [0.25, 0.3) is 21.9 Å². The van der Waals surface area contributed by atoms with Crippen molar-refractivity contribution in [2.75, 3.05) is 19.6 Å². The summed E-state index contributed by atoms with van der Waals surface area (Å²) in [5.41, 5.74) is 3.37. The van der Waals surface area contributed by atoms with Crippen molar-refractivity contribution < 1.29 is 5.11 Å². The molecule has 0 radical (unpaired) electrons. The molecule has 4 nitrogen and oxygen atoms in total. The fourth-order valence-corrected chi connectivity index (χ4v) is 4.37. The highest BCUT2D eigenvalue weighted by molar-refractivity contribution is 7.97. The molecule has 31 heavy (non-hydrogen) atoms. The smallest absolute Gasteiger partial charge is 0.0802 e. The lowest BCUT2D eigenvalue weighted by molar-refractivity contribution is 0.167. The molecule has 1 aromatic heterocycles. The van der Waals surface area contributed by atoms with Crippen LogP contribution in [0.15, 0.2) is 96.2 Å². The van der Waals surface area contributed by atoms with Gasteiger partial charge in [-0.1, -0.05) is 60.7 Å².